The van der Waals surface area contributed by atoms with E-state index in [1.807, 2.05) is 18.6 Å². The number of rotatable bonds is 7. The van der Waals surface area contributed by atoms with Gasteiger partial charge in [-0.15, -0.1) is 0 Å². The van der Waals surface area contributed by atoms with Gasteiger partial charge in [0.15, 0.2) is 0 Å². The summed E-state index contributed by atoms with van der Waals surface area (Å²) in [6.45, 7) is 5.26. The zero-order valence-corrected chi connectivity index (χ0v) is 21.6. The number of aliphatic hydroxyl groups is 1. The van der Waals surface area contributed by atoms with E-state index in [-0.39, 0.29) is 0 Å². The highest BCUT2D eigenvalue weighted by molar-refractivity contribution is 5.82. The van der Waals surface area contributed by atoms with Crippen molar-refractivity contribution in [2.45, 2.75) is 38.0 Å². The lowest BCUT2D eigenvalue weighted by atomic mass is 10.00. The molecule has 0 bridgehead atoms. The summed E-state index contributed by atoms with van der Waals surface area (Å²) in [6.07, 6.45) is 6.73. The van der Waals surface area contributed by atoms with Gasteiger partial charge in [0.1, 0.15) is 5.82 Å². The Hall–Kier alpha value is -3.26. The first-order valence-electron chi connectivity index (χ1n) is 13.4. The normalized spacial score (nSPS) is 18.1. The van der Waals surface area contributed by atoms with E-state index in [2.05, 4.69) is 85.2 Å². The number of piperidine rings is 1. The first kappa shape index (κ1) is 24.1. The molecule has 1 unspecified atom stereocenters. The predicted octanol–water partition coefficient (Wildman–Crippen LogP) is 4.20. The van der Waals surface area contributed by atoms with Crippen LogP contribution in [-0.2, 0) is 13.0 Å². The van der Waals surface area contributed by atoms with Gasteiger partial charge in [-0.05, 0) is 85.9 Å². The molecule has 0 spiro atoms. The maximum absolute atomic E-state index is 10.7. The zero-order valence-electron chi connectivity index (χ0n) is 21.6. The molecule has 2 aromatic carbocycles. The second-order valence-electron chi connectivity index (χ2n) is 10.6. The molecule has 4 aromatic rings. The molecule has 0 aliphatic carbocycles. The number of anilines is 1. The lowest BCUT2D eigenvalue weighted by molar-refractivity contribution is 0.114. The minimum Gasteiger partial charge on any atom is -0.390 e. The van der Waals surface area contributed by atoms with Crippen LogP contribution in [0.2, 0.25) is 0 Å². The van der Waals surface area contributed by atoms with Gasteiger partial charge in [0.25, 0.3) is 0 Å². The smallest absolute Gasteiger partial charge is 0.126 e. The number of nitrogens with one attached hydrogen (secondary N) is 1. The number of hydrogen-bond donors (Lipinski definition) is 2. The largest absolute Gasteiger partial charge is 0.390 e. The van der Waals surface area contributed by atoms with Gasteiger partial charge in [-0.2, -0.15) is 0 Å². The molecule has 4 heterocycles. The molecule has 2 N–H and O–H groups in total. The number of nitrogens with zero attached hydrogens (tertiary/aromatic N) is 5. The Morgan fingerprint density at radius 3 is 2.65 bits per heavy atom. The highest BCUT2D eigenvalue weighted by Gasteiger charge is 2.21. The molecular formula is C30H36N6O. The van der Waals surface area contributed by atoms with Crippen molar-refractivity contribution in [2.24, 2.45) is 0 Å². The van der Waals surface area contributed by atoms with Crippen LogP contribution in [0.4, 0.5) is 5.82 Å². The van der Waals surface area contributed by atoms with Gasteiger partial charge in [-0.3, -0.25) is 4.90 Å². The fraction of sp³-hybridized carbons (Fsp3) is 0.400. The Morgan fingerprint density at radius 1 is 0.973 bits per heavy atom. The van der Waals surface area contributed by atoms with Crippen molar-refractivity contribution < 1.29 is 5.11 Å². The van der Waals surface area contributed by atoms with E-state index in [1.165, 1.54) is 16.6 Å². The van der Waals surface area contributed by atoms with Crippen molar-refractivity contribution in [1.82, 2.24) is 24.3 Å². The maximum Gasteiger partial charge on any atom is 0.126 e. The van der Waals surface area contributed by atoms with E-state index in [4.69, 9.17) is 0 Å². The summed E-state index contributed by atoms with van der Waals surface area (Å²) < 4.78 is 2.36. The molecule has 1 atom stereocenters. The van der Waals surface area contributed by atoms with Crippen molar-refractivity contribution in [1.29, 1.82) is 0 Å². The number of benzene rings is 2. The lowest BCUT2D eigenvalue weighted by Crippen LogP contribution is -2.39. The standard InChI is InChI=1S/C30H36N6O/c1-34-13-10-26(11-14-34)36-21-33-28-7-6-23(16-29(28)36)24-8-12-31-30(17-24)32-18-27(37)20-35-15-9-22-4-2-3-5-25(22)19-35/h2-8,12,16-17,21,26-27,37H,9-11,13-15,18-20H2,1H3,(H,31,32). The molecule has 7 nitrogen and oxygen atoms in total. The highest BCUT2D eigenvalue weighted by Crippen LogP contribution is 2.30. The number of imidazole rings is 1. The molecule has 6 rings (SSSR count). The van der Waals surface area contributed by atoms with Crippen LogP contribution in [0.3, 0.4) is 0 Å². The Morgan fingerprint density at radius 2 is 1.78 bits per heavy atom. The van der Waals surface area contributed by atoms with E-state index in [0.29, 0.717) is 19.1 Å². The molecule has 0 radical (unpaired) electrons. The molecule has 0 amide bonds. The van der Waals surface area contributed by atoms with Crippen molar-refractivity contribution in [3.05, 3.63) is 78.2 Å². The Bertz CT molecular complexity index is 1360. The van der Waals surface area contributed by atoms with Gasteiger partial charge >= 0.3 is 0 Å². The minimum absolute atomic E-state index is 0.462. The van der Waals surface area contributed by atoms with Crippen LogP contribution < -0.4 is 5.32 Å². The van der Waals surface area contributed by atoms with Crippen LogP contribution in [0.5, 0.6) is 0 Å². The molecular weight excluding hydrogens is 460 g/mol. The first-order chi connectivity index (χ1) is 18.1. The van der Waals surface area contributed by atoms with E-state index in [1.54, 1.807) is 0 Å². The van der Waals surface area contributed by atoms with Crippen molar-refractivity contribution in [2.75, 3.05) is 45.1 Å². The van der Waals surface area contributed by atoms with E-state index in [0.717, 1.165) is 67.9 Å². The minimum atomic E-state index is -0.462. The third-order valence-electron chi connectivity index (χ3n) is 7.95. The summed E-state index contributed by atoms with van der Waals surface area (Å²) in [5.74, 6) is 0.782. The number of fused-ring (bicyclic) bond motifs is 2. The summed E-state index contributed by atoms with van der Waals surface area (Å²) >= 11 is 0. The first-order valence-corrected chi connectivity index (χ1v) is 13.4. The van der Waals surface area contributed by atoms with Crippen LogP contribution in [0.15, 0.2) is 67.1 Å². The monoisotopic (exact) mass is 496 g/mol. The summed E-state index contributed by atoms with van der Waals surface area (Å²) in [5.41, 5.74) is 7.30. The van der Waals surface area contributed by atoms with Crippen molar-refractivity contribution in [3.8, 4) is 11.1 Å². The quantitative estimate of drug-likeness (QED) is 0.400. The highest BCUT2D eigenvalue weighted by atomic mass is 16.3. The third kappa shape index (κ3) is 5.39. The fourth-order valence-electron chi connectivity index (χ4n) is 5.77. The average Bonchev–Trinajstić information content (AvgIpc) is 3.36. The number of hydrogen-bond acceptors (Lipinski definition) is 6. The van der Waals surface area contributed by atoms with E-state index < -0.39 is 6.10 Å². The summed E-state index contributed by atoms with van der Waals surface area (Å²) in [4.78, 5) is 13.9. The fourth-order valence-corrected chi connectivity index (χ4v) is 5.77. The van der Waals surface area contributed by atoms with Gasteiger partial charge in [0.05, 0.1) is 23.5 Å². The SMILES string of the molecule is CN1CCC(n2cnc3ccc(-c4ccnc(NCC(O)CN5CCc6ccccc6C5)c4)cc32)CC1. The zero-order chi connectivity index (χ0) is 25.2. The van der Waals surface area contributed by atoms with Crippen LogP contribution in [0.25, 0.3) is 22.2 Å². The van der Waals surface area contributed by atoms with Crippen LogP contribution in [-0.4, -0.2) is 75.3 Å². The van der Waals surface area contributed by atoms with Gasteiger partial charge in [-0.25, -0.2) is 9.97 Å². The molecule has 2 aromatic heterocycles. The Labute approximate surface area is 218 Å². The molecule has 37 heavy (non-hydrogen) atoms. The topological polar surface area (TPSA) is 69.5 Å². The predicted molar refractivity (Wildman–Crippen MR) is 149 cm³/mol. The second kappa shape index (κ2) is 10.6. The molecule has 1 fully saturated rings. The third-order valence-corrected chi connectivity index (χ3v) is 7.95. The van der Waals surface area contributed by atoms with Gasteiger partial charge in [0.2, 0.25) is 0 Å². The summed E-state index contributed by atoms with van der Waals surface area (Å²) in [7, 11) is 2.20. The summed E-state index contributed by atoms with van der Waals surface area (Å²) in [6, 6.07) is 19.7. The number of pyridine rings is 1. The van der Waals surface area contributed by atoms with E-state index in [9.17, 15) is 5.11 Å². The Kier molecular flexibility index (Phi) is 6.91. The molecule has 2 aliphatic heterocycles. The maximum atomic E-state index is 10.7. The molecule has 0 saturated carbocycles. The van der Waals surface area contributed by atoms with Gasteiger partial charge in [-0.1, -0.05) is 30.3 Å². The van der Waals surface area contributed by atoms with Gasteiger partial charge < -0.3 is 19.9 Å². The molecule has 1 saturated heterocycles. The van der Waals surface area contributed by atoms with E-state index >= 15 is 0 Å². The van der Waals surface area contributed by atoms with Crippen molar-refractivity contribution in [3.63, 3.8) is 0 Å². The number of aliphatic hydroxyl groups excluding tert-OH is 1. The Balaban J connectivity index is 1.11. The molecule has 192 valence electrons. The van der Waals surface area contributed by atoms with Crippen molar-refractivity contribution >= 4 is 16.9 Å². The molecule has 7 heteroatoms. The number of likely N-dealkylation sites (tertiary alicyclic amines) is 1. The molecule has 2 aliphatic rings. The van der Waals surface area contributed by atoms with Crippen LogP contribution in [0.1, 0.15) is 30.0 Å². The van der Waals surface area contributed by atoms with Crippen LogP contribution >= 0.6 is 0 Å². The average molecular weight is 497 g/mol. The lowest BCUT2D eigenvalue weighted by Gasteiger charge is -2.30. The second-order valence-corrected chi connectivity index (χ2v) is 10.6. The number of β-amino-alcohol motifs (C(OH)–C–C–N with tert-alkyl or cyclic N) is 1. The summed E-state index contributed by atoms with van der Waals surface area (Å²) in [5, 5.41) is 14.1. The van der Waals surface area contributed by atoms with Gasteiger partial charge in [0, 0.05) is 38.4 Å². The van der Waals surface area contributed by atoms with Crippen LogP contribution in [0, 0.1) is 0 Å². The number of aromatic nitrogens is 3.